The lowest BCUT2D eigenvalue weighted by atomic mass is 10.1. The molecule has 0 radical (unpaired) electrons. The molecule has 1 fully saturated rings. The monoisotopic (exact) mass is 339 g/mol. The highest BCUT2D eigenvalue weighted by molar-refractivity contribution is 5.91. The van der Waals surface area contributed by atoms with Gasteiger partial charge in [0.05, 0.1) is 30.0 Å². The second kappa shape index (κ2) is 6.96. The Kier molecular flexibility index (Phi) is 4.53. The van der Waals surface area contributed by atoms with Crippen LogP contribution in [0.3, 0.4) is 0 Å². The van der Waals surface area contributed by atoms with E-state index in [1.807, 2.05) is 18.3 Å². The molecule has 3 heterocycles. The number of anilines is 1. The first-order valence-corrected chi connectivity index (χ1v) is 9.22. The number of imidazole rings is 1. The molecule has 0 unspecified atom stereocenters. The quantitative estimate of drug-likeness (QED) is 0.930. The van der Waals surface area contributed by atoms with Crippen LogP contribution in [0.1, 0.15) is 50.2 Å². The van der Waals surface area contributed by atoms with E-state index in [9.17, 15) is 4.79 Å². The van der Waals surface area contributed by atoms with Crippen LogP contribution in [-0.4, -0.2) is 37.9 Å². The fourth-order valence-electron chi connectivity index (χ4n) is 4.19. The van der Waals surface area contributed by atoms with Crippen molar-refractivity contribution in [3.8, 4) is 0 Å². The predicted molar refractivity (Wildman–Crippen MR) is 96.2 cm³/mol. The lowest BCUT2D eigenvalue weighted by molar-refractivity contribution is -0.115. The summed E-state index contributed by atoms with van der Waals surface area (Å²) in [5.41, 5.74) is 1.56. The van der Waals surface area contributed by atoms with E-state index in [0.29, 0.717) is 18.5 Å². The highest BCUT2D eigenvalue weighted by Crippen LogP contribution is 2.33. The molecule has 6 nitrogen and oxygen atoms in total. The summed E-state index contributed by atoms with van der Waals surface area (Å²) < 4.78 is 2.23. The van der Waals surface area contributed by atoms with Gasteiger partial charge in [-0.15, -0.1) is 0 Å². The smallest absolute Gasteiger partial charge is 0.230 e. The molecular weight excluding hydrogens is 314 g/mol. The molecule has 0 spiro atoms. The normalized spacial score (nSPS) is 21.2. The number of fused-ring (bicyclic) bond motifs is 1. The highest BCUT2D eigenvalue weighted by Gasteiger charge is 2.32. The number of aromatic nitrogens is 3. The summed E-state index contributed by atoms with van der Waals surface area (Å²) in [4.78, 5) is 23.7. The lowest BCUT2D eigenvalue weighted by Crippen LogP contribution is -2.42. The van der Waals surface area contributed by atoms with E-state index in [4.69, 9.17) is 4.98 Å². The average Bonchev–Trinajstić information content (AvgIpc) is 3.26. The maximum absolute atomic E-state index is 12.3. The van der Waals surface area contributed by atoms with Crippen molar-refractivity contribution in [3.05, 3.63) is 42.2 Å². The molecule has 1 aliphatic heterocycles. The number of carbonyl (C=O) groups is 1. The molecule has 2 aliphatic rings. The third-order valence-corrected chi connectivity index (χ3v) is 5.41. The van der Waals surface area contributed by atoms with Gasteiger partial charge >= 0.3 is 0 Å². The van der Waals surface area contributed by atoms with Crippen LogP contribution in [0.15, 0.2) is 30.7 Å². The number of carbonyl (C=O) groups excluding carboxylic acids is 1. The van der Waals surface area contributed by atoms with E-state index >= 15 is 0 Å². The molecule has 1 saturated carbocycles. The molecule has 0 bridgehead atoms. The molecule has 1 atom stereocenters. The van der Waals surface area contributed by atoms with Gasteiger partial charge < -0.3 is 9.88 Å². The van der Waals surface area contributed by atoms with Gasteiger partial charge in [-0.2, -0.15) is 0 Å². The van der Waals surface area contributed by atoms with Crippen molar-refractivity contribution >= 4 is 11.6 Å². The summed E-state index contributed by atoms with van der Waals surface area (Å²) in [6, 6.07) is 4.68. The molecule has 2 aromatic rings. The van der Waals surface area contributed by atoms with Gasteiger partial charge in [-0.05, 0) is 31.9 Å². The van der Waals surface area contributed by atoms with Crippen LogP contribution in [0.5, 0.6) is 0 Å². The van der Waals surface area contributed by atoms with Crippen LogP contribution in [0.4, 0.5) is 5.69 Å². The first-order chi connectivity index (χ1) is 12.2. The molecule has 0 aromatic carbocycles. The number of nitrogens with one attached hydrogen (secondary N) is 1. The summed E-state index contributed by atoms with van der Waals surface area (Å²) >= 11 is 0. The fourth-order valence-corrected chi connectivity index (χ4v) is 4.19. The van der Waals surface area contributed by atoms with E-state index in [2.05, 4.69) is 26.7 Å². The lowest BCUT2D eigenvalue weighted by Gasteiger charge is -2.38. The summed E-state index contributed by atoms with van der Waals surface area (Å²) in [5, 5.41) is 2.87. The summed E-state index contributed by atoms with van der Waals surface area (Å²) in [7, 11) is 0. The number of amides is 1. The Labute approximate surface area is 148 Å². The van der Waals surface area contributed by atoms with Crippen molar-refractivity contribution in [2.24, 2.45) is 0 Å². The maximum Gasteiger partial charge on any atom is 0.230 e. The number of nitrogens with zero attached hydrogens (tertiary/aromatic N) is 4. The fraction of sp³-hybridized carbons (Fsp3) is 0.526. The summed E-state index contributed by atoms with van der Waals surface area (Å²) in [5.74, 6) is 1.05. The third kappa shape index (κ3) is 3.44. The Morgan fingerprint density at radius 1 is 1.32 bits per heavy atom. The highest BCUT2D eigenvalue weighted by atomic mass is 16.1. The number of pyridine rings is 1. The van der Waals surface area contributed by atoms with E-state index in [1.165, 1.54) is 25.7 Å². The summed E-state index contributed by atoms with van der Waals surface area (Å²) in [6.07, 6.45) is 11.0. The predicted octanol–water partition coefficient (Wildman–Crippen LogP) is 2.78. The van der Waals surface area contributed by atoms with Crippen LogP contribution in [0, 0.1) is 0 Å². The third-order valence-electron chi connectivity index (χ3n) is 5.41. The topological polar surface area (TPSA) is 63.1 Å². The Hall–Kier alpha value is -2.21. The number of rotatable bonds is 4. The second-order valence-electron chi connectivity index (χ2n) is 7.10. The van der Waals surface area contributed by atoms with E-state index in [0.717, 1.165) is 30.3 Å². The van der Waals surface area contributed by atoms with Gasteiger partial charge in [-0.3, -0.25) is 14.7 Å². The van der Waals surface area contributed by atoms with Crippen molar-refractivity contribution in [2.45, 2.75) is 57.7 Å². The Morgan fingerprint density at radius 3 is 2.92 bits per heavy atom. The molecular formula is C19H25N5O. The largest absolute Gasteiger partial charge is 0.332 e. The zero-order valence-electron chi connectivity index (χ0n) is 14.7. The van der Waals surface area contributed by atoms with E-state index < -0.39 is 0 Å². The molecule has 132 valence electrons. The molecule has 1 aliphatic carbocycles. The van der Waals surface area contributed by atoms with Crippen LogP contribution in [0.2, 0.25) is 0 Å². The van der Waals surface area contributed by atoms with Gasteiger partial charge in [-0.25, -0.2) is 4.98 Å². The van der Waals surface area contributed by atoms with Gasteiger partial charge in [0.15, 0.2) is 0 Å². The van der Waals surface area contributed by atoms with Crippen molar-refractivity contribution in [1.29, 1.82) is 0 Å². The zero-order valence-corrected chi connectivity index (χ0v) is 14.7. The van der Waals surface area contributed by atoms with Crippen molar-refractivity contribution in [2.75, 3.05) is 11.9 Å². The van der Waals surface area contributed by atoms with E-state index in [1.54, 1.807) is 12.4 Å². The van der Waals surface area contributed by atoms with Gasteiger partial charge in [0, 0.05) is 31.5 Å². The van der Waals surface area contributed by atoms with Gasteiger partial charge in [0.1, 0.15) is 5.82 Å². The Morgan fingerprint density at radius 2 is 2.16 bits per heavy atom. The number of hydrogen-bond donors (Lipinski definition) is 1. The SMILES string of the molecule is C[C@@H]1c2nc(CC(=O)Nc3cccnc3)cn2CCN1C1CCCC1. The van der Waals surface area contributed by atoms with Gasteiger partial charge in [-0.1, -0.05) is 12.8 Å². The molecule has 1 N–H and O–H groups in total. The van der Waals surface area contributed by atoms with E-state index in [-0.39, 0.29) is 5.91 Å². The minimum Gasteiger partial charge on any atom is -0.332 e. The number of hydrogen-bond acceptors (Lipinski definition) is 4. The van der Waals surface area contributed by atoms with Crippen LogP contribution in [-0.2, 0) is 17.8 Å². The minimum absolute atomic E-state index is 0.0521. The Balaban J connectivity index is 1.43. The van der Waals surface area contributed by atoms with Crippen LogP contribution >= 0.6 is 0 Å². The minimum atomic E-state index is -0.0521. The Bertz CT molecular complexity index is 736. The molecule has 0 saturated heterocycles. The molecule has 2 aromatic heterocycles. The van der Waals surface area contributed by atoms with Gasteiger partial charge in [0.2, 0.25) is 5.91 Å². The summed E-state index contributed by atoms with van der Waals surface area (Å²) in [6.45, 7) is 4.29. The van der Waals surface area contributed by atoms with Crippen molar-refractivity contribution in [3.63, 3.8) is 0 Å². The molecule has 4 rings (SSSR count). The van der Waals surface area contributed by atoms with Crippen LogP contribution < -0.4 is 5.32 Å². The first kappa shape index (κ1) is 16.3. The van der Waals surface area contributed by atoms with Crippen molar-refractivity contribution in [1.82, 2.24) is 19.4 Å². The maximum atomic E-state index is 12.3. The second-order valence-corrected chi connectivity index (χ2v) is 7.10. The van der Waals surface area contributed by atoms with Crippen LogP contribution in [0.25, 0.3) is 0 Å². The first-order valence-electron chi connectivity index (χ1n) is 9.22. The molecule has 6 heteroatoms. The van der Waals surface area contributed by atoms with Gasteiger partial charge in [0.25, 0.3) is 0 Å². The zero-order chi connectivity index (χ0) is 17.2. The molecule has 1 amide bonds. The van der Waals surface area contributed by atoms with Crippen molar-refractivity contribution < 1.29 is 4.79 Å². The average molecular weight is 339 g/mol. The standard InChI is InChI=1S/C19H25N5O/c1-14-19-22-16(11-18(25)21-15-5-4-8-20-12-15)13-23(19)9-10-24(14)17-6-2-3-7-17/h4-5,8,12-14,17H,2-3,6-7,9-11H2,1H3,(H,21,25)/t14-/m1/s1. The molecule has 25 heavy (non-hydrogen) atoms.